The van der Waals surface area contributed by atoms with Crippen LogP contribution in [0.3, 0.4) is 0 Å². The molecule has 1 rings (SSSR count). The molecule has 6 nitrogen and oxygen atoms in total. The van der Waals surface area contributed by atoms with Crippen LogP contribution in [0.15, 0.2) is 12.1 Å². The molecule has 0 aromatic carbocycles. The van der Waals surface area contributed by atoms with Crippen LogP contribution in [0.25, 0.3) is 0 Å². The lowest BCUT2D eigenvalue weighted by Gasteiger charge is -2.13. The minimum atomic E-state index is -3.13. The molecule has 0 aliphatic rings. The zero-order chi connectivity index (χ0) is 14.6. The molecule has 0 radical (unpaired) electrons. The number of hydrogen-bond donors (Lipinski definition) is 2. The second-order valence-corrected chi connectivity index (χ2v) is 6.93. The van der Waals surface area contributed by atoms with Crippen LogP contribution in [-0.2, 0) is 14.6 Å². The molecule has 0 saturated heterocycles. The van der Waals surface area contributed by atoms with Gasteiger partial charge in [0.25, 0.3) is 0 Å². The lowest BCUT2D eigenvalue weighted by atomic mass is 10.2. The molecule has 1 heterocycles. The molecule has 8 heteroatoms. The van der Waals surface area contributed by atoms with E-state index in [1.165, 1.54) is 0 Å². The molecule has 106 valence electrons. The smallest absolute Gasteiger partial charge is 0.241 e. The van der Waals surface area contributed by atoms with Crippen molar-refractivity contribution in [1.82, 2.24) is 4.98 Å². The molecule has 0 saturated carbocycles. The van der Waals surface area contributed by atoms with E-state index < -0.39 is 21.8 Å². The minimum absolute atomic E-state index is 0.0741. The molecule has 1 atom stereocenters. The van der Waals surface area contributed by atoms with Gasteiger partial charge in [0.15, 0.2) is 0 Å². The summed E-state index contributed by atoms with van der Waals surface area (Å²) in [6, 6.07) is 2.28. The summed E-state index contributed by atoms with van der Waals surface area (Å²) >= 11 is 5.70. The molecular weight excluding hydrogens is 290 g/mol. The van der Waals surface area contributed by atoms with E-state index >= 15 is 0 Å². The Morgan fingerprint density at radius 3 is 2.68 bits per heavy atom. The van der Waals surface area contributed by atoms with Crippen LogP contribution in [0.5, 0.6) is 0 Å². The van der Waals surface area contributed by atoms with Gasteiger partial charge >= 0.3 is 0 Å². The highest BCUT2D eigenvalue weighted by atomic mass is 35.5. The number of carbonyl (C=O) groups excluding carboxylic acids is 1. The van der Waals surface area contributed by atoms with Crippen molar-refractivity contribution in [3.63, 3.8) is 0 Å². The number of nitrogens with two attached hydrogens (primary N) is 1. The highest BCUT2D eigenvalue weighted by molar-refractivity contribution is 7.90. The Labute approximate surface area is 117 Å². The standard InChI is InChI=1S/C11H16ClN3O3S/c1-7-9(3-4-10(12)14-7)15-11(16)8(13)5-6-19(2,17)18/h3-4,8H,5-6,13H2,1-2H3,(H,15,16). The van der Waals surface area contributed by atoms with Crippen LogP contribution in [0.1, 0.15) is 12.1 Å². The monoisotopic (exact) mass is 305 g/mol. The van der Waals surface area contributed by atoms with E-state index in [1.54, 1.807) is 19.1 Å². The summed E-state index contributed by atoms with van der Waals surface area (Å²) in [6.45, 7) is 1.70. The van der Waals surface area contributed by atoms with E-state index in [0.29, 0.717) is 16.5 Å². The van der Waals surface area contributed by atoms with Gasteiger partial charge in [-0.25, -0.2) is 13.4 Å². The molecule has 1 unspecified atom stereocenters. The number of sulfone groups is 1. The number of nitrogens with zero attached hydrogens (tertiary/aromatic N) is 1. The SMILES string of the molecule is Cc1nc(Cl)ccc1NC(=O)C(N)CCS(C)(=O)=O. The molecule has 1 amide bonds. The fourth-order valence-electron chi connectivity index (χ4n) is 1.36. The van der Waals surface area contributed by atoms with E-state index in [9.17, 15) is 13.2 Å². The maximum atomic E-state index is 11.8. The second-order valence-electron chi connectivity index (χ2n) is 4.28. The van der Waals surface area contributed by atoms with Crippen molar-refractivity contribution in [2.45, 2.75) is 19.4 Å². The van der Waals surface area contributed by atoms with Crippen LogP contribution >= 0.6 is 11.6 Å². The second kappa shape index (κ2) is 6.31. The van der Waals surface area contributed by atoms with Crippen LogP contribution in [0.2, 0.25) is 5.15 Å². The Balaban J connectivity index is 2.64. The molecule has 0 spiro atoms. The first-order chi connectivity index (χ1) is 8.69. The van der Waals surface area contributed by atoms with Gasteiger partial charge in [-0.2, -0.15) is 0 Å². The van der Waals surface area contributed by atoms with Crippen molar-refractivity contribution in [1.29, 1.82) is 0 Å². The molecule has 1 aromatic heterocycles. The molecule has 0 fully saturated rings. The first kappa shape index (κ1) is 15.9. The Hall–Kier alpha value is -1.18. The third-order valence-electron chi connectivity index (χ3n) is 2.45. The zero-order valence-electron chi connectivity index (χ0n) is 10.7. The number of hydrogen-bond acceptors (Lipinski definition) is 5. The van der Waals surface area contributed by atoms with Crippen LogP contribution in [0.4, 0.5) is 5.69 Å². The van der Waals surface area contributed by atoms with Crippen LogP contribution in [0, 0.1) is 6.92 Å². The maximum Gasteiger partial charge on any atom is 0.241 e. The molecule has 3 N–H and O–H groups in total. The van der Waals surface area contributed by atoms with Crippen LogP contribution < -0.4 is 11.1 Å². The number of carbonyl (C=O) groups is 1. The molecular formula is C11H16ClN3O3S. The maximum absolute atomic E-state index is 11.8. The van der Waals surface area contributed by atoms with Gasteiger partial charge in [0.1, 0.15) is 15.0 Å². The third-order valence-corrected chi connectivity index (χ3v) is 3.63. The summed E-state index contributed by atoms with van der Waals surface area (Å²) in [5.74, 6) is -0.574. The lowest BCUT2D eigenvalue weighted by Crippen LogP contribution is -2.37. The fourth-order valence-corrected chi connectivity index (χ4v) is 2.23. The van der Waals surface area contributed by atoms with Crippen molar-refractivity contribution in [3.05, 3.63) is 23.0 Å². The quantitative estimate of drug-likeness (QED) is 0.781. The number of nitrogens with one attached hydrogen (secondary N) is 1. The van der Waals surface area contributed by atoms with E-state index in [1.807, 2.05) is 0 Å². The van der Waals surface area contributed by atoms with Gasteiger partial charge in [0.2, 0.25) is 5.91 Å². The summed E-state index contributed by atoms with van der Waals surface area (Å²) in [4.78, 5) is 15.8. The number of aryl methyl sites for hydroxylation is 1. The van der Waals surface area contributed by atoms with Crippen LogP contribution in [-0.4, -0.2) is 37.4 Å². The molecule has 0 aliphatic carbocycles. The molecule has 0 bridgehead atoms. The number of halogens is 1. The van der Waals surface area contributed by atoms with Gasteiger partial charge in [-0.15, -0.1) is 0 Å². The predicted octanol–water partition coefficient (Wildman–Crippen LogP) is 0.744. The normalized spacial score (nSPS) is 13.1. The Kier molecular flexibility index (Phi) is 5.28. The topological polar surface area (TPSA) is 102 Å². The lowest BCUT2D eigenvalue weighted by molar-refractivity contribution is -0.117. The van der Waals surface area contributed by atoms with Crippen molar-refractivity contribution in [3.8, 4) is 0 Å². The summed E-state index contributed by atoms with van der Waals surface area (Å²) in [5.41, 5.74) is 6.70. The van der Waals surface area contributed by atoms with Gasteiger partial charge in [0, 0.05) is 6.26 Å². The predicted molar refractivity (Wildman–Crippen MR) is 74.9 cm³/mol. The van der Waals surface area contributed by atoms with E-state index in [0.717, 1.165) is 6.26 Å². The number of amides is 1. The molecule has 0 aliphatic heterocycles. The summed E-state index contributed by atoms with van der Waals surface area (Å²) in [7, 11) is -3.13. The fraction of sp³-hybridized carbons (Fsp3) is 0.455. The average molecular weight is 306 g/mol. The first-order valence-corrected chi connectivity index (χ1v) is 8.00. The minimum Gasteiger partial charge on any atom is -0.323 e. The molecule has 19 heavy (non-hydrogen) atoms. The van der Waals surface area contributed by atoms with E-state index in [-0.39, 0.29) is 12.2 Å². The van der Waals surface area contributed by atoms with Gasteiger partial charge in [0.05, 0.1) is 23.2 Å². The number of aromatic nitrogens is 1. The Morgan fingerprint density at radius 2 is 2.16 bits per heavy atom. The highest BCUT2D eigenvalue weighted by Gasteiger charge is 2.17. The molecule has 1 aromatic rings. The Morgan fingerprint density at radius 1 is 1.53 bits per heavy atom. The van der Waals surface area contributed by atoms with Crippen molar-refractivity contribution < 1.29 is 13.2 Å². The van der Waals surface area contributed by atoms with Gasteiger partial charge in [-0.3, -0.25) is 4.79 Å². The van der Waals surface area contributed by atoms with Gasteiger partial charge < -0.3 is 11.1 Å². The van der Waals surface area contributed by atoms with Crippen molar-refractivity contribution in [2.75, 3.05) is 17.3 Å². The number of pyridine rings is 1. The zero-order valence-corrected chi connectivity index (χ0v) is 12.3. The number of anilines is 1. The highest BCUT2D eigenvalue weighted by Crippen LogP contribution is 2.15. The summed E-state index contributed by atoms with van der Waals surface area (Å²) < 4.78 is 22.0. The van der Waals surface area contributed by atoms with Gasteiger partial charge in [-0.05, 0) is 25.5 Å². The Bertz CT molecular complexity index is 575. The largest absolute Gasteiger partial charge is 0.323 e. The number of rotatable bonds is 5. The summed E-state index contributed by atoms with van der Waals surface area (Å²) in [6.07, 6.45) is 1.18. The average Bonchev–Trinajstić information content (AvgIpc) is 2.28. The summed E-state index contributed by atoms with van der Waals surface area (Å²) in [5, 5.41) is 2.92. The van der Waals surface area contributed by atoms with Crippen molar-refractivity contribution in [2.24, 2.45) is 5.73 Å². The van der Waals surface area contributed by atoms with E-state index in [2.05, 4.69) is 10.3 Å². The van der Waals surface area contributed by atoms with Crippen molar-refractivity contribution >= 4 is 33.0 Å². The van der Waals surface area contributed by atoms with E-state index in [4.69, 9.17) is 17.3 Å². The first-order valence-electron chi connectivity index (χ1n) is 5.56. The van der Waals surface area contributed by atoms with Gasteiger partial charge in [-0.1, -0.05) is 11.6 Å². The third kappa shape index (κ3) is 5.54.